The first-order valence-electron chi connectivity index (χ1n) is 7.14. The van der Waals surface area contributed by atoms with Gasteiger partial charge in [0.25, 0.3) is 0 Å². The fourth-order valence-corrected chi connectivity index (χ4v) is 2.42. The van der Waals surface area contributed by atoms with E-state index in [-0.39, 0.29) is 0 Å². The highest BCUT2D eigenvalue weighted by Crippen LogP contribution is 2.11. The fourth-order valence-electron chi connectivity index (χ4n) is 2.42. The zero-order valence-corrected chi connectivity index (χ0v) is 12.3. The number of likely N-dealkylation sites (N-methyl/N-ethyl adjacent to an activating group) is 1. The van der Waals surface area contributed by atoms with Crippen LogP contribution in [-0.4, -0.2) is 30.6 Å². The molecule has 104 valence electrons. The predicted octanol–water partition coefficient (Wildman–Crippen LogP) is 3.13. The van der Waals surface area contributed by atoms with E-state index in [9.17, 15) is 0 Å². The first kappa shape index (κ1) is 15.3. The molecule has 1 N–H and O–H groups in total. The molecular formula is C15H28N2O. The summed E-state index contributed by atoms with van der Waals surface area (Å²) >= 11 is 0. The number of hydrogen-bond acceptors (Lipinski definition) is 3. The molecule has 1 aromatic rings. The summed E-state index contributed by atoms with van der Waals surface area (Å²) in [5.41, 5.74) is 0. The summed E-state index contributed by atoms with van der Waals surface area (Å²) in [6.45, 7) is 13.2. The minimum atomic E-state index is 0.620. The van der Waals surface area contributed by atoms with Crippen molar-refractivity contribution < 1.29 is 4.42 Å². The molecule has 0 amide bonds. The standard InChI is InChI=1S/C15H28N2O/c1-5-17(6-2)14(10-13(3)4)11-16-12-15-8-7-9-18-15/h7-9,13-14,16H,5-6,10-12H2,1-4H3. The van der Waals surface area contributed by atoms with Gasteiger partial charge in [-0.05, 0) is 37.6 Å². The van der Waals surface area contributed by atoms with E-state index in [0.29, 0.717) is 6.04 Å². The van der Waals surface area contributed by atoms with Gasteiger partial charge >= 0.3 is 0 Å². The molecule has 1 rings (SSSR count). The van der Waals surface area contributed by atoms with E-state index >= 15 is 0 Å². The molecule has 0 bridgehead atoms. The largest absolute Gasteiger partial charge is 0.468 e. The fraction of sp³-hybridized carbons (Fsp3) is 0.733. The SMILES string of the molecule is CCN(CC)C(CNCc1ccco1)CC(C)C. The third kappa shape index (κ3) is 5.23. The van der Waals surface area contributed by atoms with E-state index in [2.05, 4.69) is 37.9 Å². The lowest BCUT2D eigenvalue weighted by molar-refractivity contribution is 0.185. The smallest absolute Gasteiger partial charge is 0.117 e. The van der Waals surface area contributed by atoms with Gasteiger partial charge < -0.3 is 9.73 Å². The van der Waals surface area contributed by atoms with Crippen molar-refractivity contribution in [3.8, 4) is 0 Å². The monoisotopic (exact) mass is 252 g/mol. The minimum Gasteiger partial charge on any atom is -0.468 e. The lowest BCUT2D eigenvalue weighted by atomic mass is 10.0. The number of rotatable bonds is 9. The molecule has 0 saturated heterocycles. The number of nitrogens with one attached hydrogen (secondary N) is 1. The van der Waals surface area contributed by atoms with Crippen LogP contribution in [0.4, 0.5) is 0 Å². The van der Waals surface area contributed by atoms with Gasteiger partial charge in [0.1, 0.15) is 5.76 Å². The van der Waals surface area contributed by atoms with Crippen molar-refractivity contribution in [1.82, 2.24) is 10.2 Å². The van der Waals surface area contributed by atoms with Crippen molar-refractivity contribution in [1.29, 1.82) is 0 Å². The second-order valence-electron chi connectivity index (χ2n) is 5.21. The number of hydrogen-bond donors (Lipinski definition) is 1. The normalized spacial score (nSPS) is 13.4. The highest BCUT2D eigenvalue weighted by molar-refractivity contribution is 4.97. The van der Waals surface area contributed by atoms with Crippen LogP contribution < -0.4 is 5.32 Å². The molecule has 1 aromatic heterocycles. The maximum atomic E-state index is 5.33. The molecule has 0 spiro atoms. The molecule has 1 heterocycles. The Morgan fingerprint density at radius 3 is 2.50 bits per heavy atom. The Morgan fingerprint density at radius 2 is 2.00 bits per heavy atom. The van der Waals surface area contributed by atoms with Gasteiger partial charge in [0.15, 0.2) is 0 Å². The van der Waals surface area contributed by atoms with Gasteiger partial charge in [-0.25, -0.2) is 0 Å². The van der Waals surface area contributed by atoms with Crippen LogP contribution in [-0.2, 0) is 6.54 Å². The molecule has 1 atom stereocenters. The van der Waals surface area contributed by atoms with Crippen LogP contribution in [0.1, 0.15) is 39.9 Å². The average molecular weight is 252 g/mol. The highest BCUT2D eigenvalue weighted by Gasteiger charge is 2.16. The van der Waals surface area contributed by atoms with E-state index in [0.717, 1.165) is 37.9 Å². The Balaban J connectivity index is 2.39. The van der Waals surface area contributed by atoms with E-state index in [1.807, 2.05) is 12.1 Å². The first-order chi connectivity index (χ1) is 8.67. The predicted molar refractivity (Wildman–Crippen MR) is 76.6 cm³/mol. The van der Waals surface area contributed by atoms with Crippen LogP contribution in [0.3, 0.4) is 0 Å². The van der Waals surface area contributed by atoms with Crippen LogP contribution in [0, 0.1) is 5.92 Å². The zero-order chi connectivity index (χ0) is 13.4. The van der Waals surface area contributed by atoms with E-state index < -0.39 is 0 Å². The Kier molecular flexibility index (Phi) is 7.06. The van der Waals surface area contributed by atoms with Gasteiger partial charge in [-0.2, -0.15) is 0 Å². The van der Waals surface area contributed by atoms with Crippen LogP contribution in [0.25, 0.3) is 0 Å². The van der Waals surface area contributed by atoms with E-state index in [1.165, 1.54) is 6.42 Å². The molecule has 0 radical (unpaired) electrons. The van der Waals surface area contributed by atoms with Gasteiger partial charge in [-0.15, -0.1) is 0 Å². The van der Waals surface area contributed by atoms with Crippen LogP contribution in [0.5, 0.6) is 0 Å². The molecule has 0 saturated carbocycles. The molecule has 3 heteroatoms. The molecule has 3 nitrogen and oxygen atoms in total. The third-order valence-electron chi connectivity index (χ3n) is 3.33. The molecule has 0 aliphatic heterocycles. The maximum Gasteiger partial charge on any atom is 0.117 e. The lowest BCUT2D eigenvalue weighted by Gasteiger charge is -2.31. The average Bonchev–Trinajstić information content (AvgIpc) is 2.82. The molecule has 1 unspecified atom stereocenters. The number of nitrogens with zero attached hydrogens (tertiary/aromatic N) is 1. The van der Waals surface area contributed by atoms with Gasteiger partial charge in [-0.3, -0.25) is 4.90 Å². The van der Waals surface area contributed by atoms with Crippen molar-refractivity contribution >= 4 is 0 Å². The summed E-state index contributed by atoms with van der Waals surface area (Å²) in [7, 11) is 0. The Morgan fingerprint density at radius 1 is 1.28 bits per heavy atom. The highest BCUT2D eigenvalue weighted by atomic mass is 16.3. The lowest BCUT2D eigenvalue weighted by Crippen LogP contribution is -2.42. The van der Waals surface area contributed by atoms with Crippen LogP contribution in [0.2, 0.25) is 0 Å². The summed E-state index contributed by atoms with van der Waals surface area (Å²) in [6, 6.07) is 4.57. The second kappa shape index (κ2) is 8.33. The van der Waals surface area contributed by atoms with Crippen molar-refractivity contribution in [3.05, 3.63) is 24.2 Å². The van der Waals surface area contributed by atoms with E-state index in [4.69, 9.17) is 4.42 Å². The summed E-state index contributed by atoms with van der Waals surface area (Å²) in [4.78, 5) is 2.54. The third-order valence-corrected chi connectivity index (χ3v) is 3.33. The van der Waals surface area contributed by atoms with Crippen molar-refractivity contribution in [2.24, 2.45) is 5.92 Å². The zero-order valence-electron chi connectivity index (χ0n) is 12.3. The summed E-state index contributed by atoms with van der Waals surface area (Å²) in [5.74, 6) is 1.75. The molecule has 0 fully saturated rings. The van der Waals surface area contributed by atoms with Crippen molar-refractivity contribution in [3.63, 3.8) is 0 Å². The van der Waals surface area contributed by atoms with Crippen molar-refractivity contribution in [2.75, 3.05) is 19.6 Å². The summed E-state index contributed by atoms with van der Waals surface area (Å²) in [6.07, 6.45) is 2.97. The van der Waals surface area contributed by atoms with E-state index in [1.54, 1.807) is 6.26 Å². The molecule has 0 aromatic carbocycles. The van der Waals surface area contributed by atoms with Crippen LogP contribution in [0.15, 0.2) is 22.8 Å². The van der Waals surface area contributed by atoms with Crippen LogP contribution >= 0.6 is 0 Å². The van der Waals surface area contributed by atoms with Crippen molar-refractivity contribution in [2.45, 2.75) is 46.7 Å². The summed E-state index contributed by atoms with van der Waals surface area (Å²) in [5, 5.41) is 3.51. The molecule has 0 aliphatic carbocycles. The minimum absolute atomic E-state index is 0.620. The maximum absolute atomic E-state index is 5.33. The summed E-state index contributed by atoms with van der Waals surface area (Å²) < 4.78 is 5.33. The van der Waals surface area contributed by atoms with Gasteiger partial charge in [0.05, 0.1) is 12.8 Å². The second-order valence-corrected chi connectivity index (χ2v) is 5.21. The Bertz CT molecular complexity index is 291. The number of furan rings is 1. The van der Waals surface area contributed by atoms with Gasteiger partial charge in [0.2, 0.25) is 0 Å². The first-order valence-corrected chi connectivity index (χ1v) is 7.14. The molecular weight excluding hydrogens is 224 g/mol. The Labute approximate surface area is 112 Å². The molecule has 18 heavy (non-hydrogen) atoms. The van der Waals surface area contributed by atoms with Gasteiger partial charge in [-0.1, -0.05) is 27.7 Å². The Hall–Kier alpha value is -0.800. The van der Waals surface area contributed by atoms with Gasteiger partial charge in [0, 0.05) is 12.6 Å². The quantitative estimate of drug-likeness (QED) is 0.732. The molecule has 0 aliphatic rings. The topological polar surface area (TPSA) is 28.4 Å².